The van der Waals surface area contributed by atoms with Gasteiger partial charge in [-0.2, -0.15) is 0 Å². The smallest absolute Gasteiger partial charge is 0.0564 e. The van der Waals surface area contributed by atoms with Crippen molar-refractivity contribution in [1.82, 2.24) is 9.47 Å². The fraction of sp³-hybridized carbons (Fsp3) is 0.412. The molecule has 1 aromatic heterocycles. The largest absolute Gasteiger partial charge is 0.393 e. The predicted octanol–water partition coefficient (Wildman–Crippen LogP) is 2.49. The summed E-state index contributed by atoms with van der Waals surface area (Å²) in [6, 6.07) is 12.7. The van der Waals surface area contributed by atoms with Gasteiger partial charge in [-0.15, -0.1) is 0 Å². The number of hydrogen-bond donors (Lipinski definition) is 1. The summed E-state index contributed by atoms with van der Waals surface area (Å²) >= 11 is 0. The Labute approximate surface area is 120 Å². The Morgan fingerprint density at radius 3 is 2.45 bits per heavy atom. The Morgan fingerprint density at radius 2 is 1.70 bits per heavy atom. The number of likely N-dealkylation sites (tertiary alicyclic amines) is 1. The third-order valence-electron chi connectivity index (χ3n) is 3.98. The molecule has 0 spiro atoms. The van der Waals surface area contributed by atoms with Gasteiger partial charge in [-0.1, -0.05) is 30.3 Å². The number of benzene rings is 1. The van der Waals surface area contributed by atoms with Crippen LogP contribution in [0.25, 0.3) is 0 Å². The zero-order valence-corrected chi connectivity index (χ0v) is 11.8. The molecular weight excluding hydrogens is 248 g/mol. The fourth-order valence-corrected chi connectivity index (χ4v) is 2.81. The van der Waals surface area contributed by atoms with Crippen LogP contribution in [-0.4, -0.2) is 33.8 Å². The SMILES string of the molecule is OC1CCN(Cc2ccn(Cc3ccccc3)c2)CC1. The molecule has 0 aliphatic carbocycles. The summed E-state index contributed by atoms with van der Waals surface area (Å²) in [5.74, 6) is 0. The van der Waals surface area contributed by atoms with Crippen molar-refractivity contribution >= 4 is 0 Å². The van der Waals surface area contributed by atoms with E-state index in [2.05, 4.69) is 58.3 Å². The van der Waals surface area contributed by atoms with Gasteiger partial charge in [-0.25, -0.2) is 0 Å². The summed E-state index contributed by atoms with van der Waals surface area (Å²) in [6.07, 6.45) is 6.11. The van der Waals surface area contributed by atoms with Crippen LogP contribution in [0.4, 0.5) is 0 Å². The predicted molar refractivity (Wildman–Crippen MR) is 80.5 cm³/mol. The summed E-state index contributed by atoms with van der Waals surface area (Å²) in [4.78, 5) is 2.43. The maximum absolute atomic E-state index is 9.53. The maximum Gasteiger partial charge on any atom is 0.0564 e. The number of aromatic nitrogens is 1. The van der Waals surface area contributed by atoms with Crippen molar-refractivity contribution in [2.45, 2.75) is 32.0 Å². The van der Waals surface area contributed by atoms with E-state index in [0.29, 0.717) is 0 Å². The van der Waals surface area contributed by atoms with Crippen LogP contribution < -0.4 is 0 Å². The first kappa shape index (κ1) is 13.4. The normalized spacial score (nSPS) is 17.4. The highest BCUT2D eigenvalue weighted by Gasteiger charge is 2.17. The van der Waals surface area contributed by atoms with Crippen LogP contribution in [0.5, 0.6) is 0 Å². The molecule has 2 aromatic rings. The summed E-state index contributed by atoms with van der Waals surface area (Å²) in [5.41, 5.74) is 2.69. The molecule has 0 saturated carbocycles. The fourth-order valence-electron chi connectivity index (χ4n) is 2.81. The zero-order valence-electron chi connectivity index (χ0n) is 11.8. The molecule has 3 rings (SSSR count). The standard InChI is InChI=1S/C17H22N2O/c20-17-7-10-18(11-8-17)13-16-6-9-19(14-16)12-15-4-2-1-3-5-15/h1-6,9,14,17,20H,7-8,10-13H2. The second-order valence-electron chi connectivity index (χ2n) is 5.69. The van der Waals surface area contributed by atoms with Gasteiger partial charge >= 0.3 is 0 Å². The average Bonchev–Trinajstić information content (AvgIpc) is 2.90. The molecule has 0 bridgehead atoms. The van der Waals surface area contributed by atoms with Crippen molar-refractivity contribution in [3.63, 3.8) is 0 Å². The number of nitrogens with zero attached hydrogens (tertiary/aromatic N) is 2. The number of piperidine rings is 1. The molecular formula is C17H22N2O. The van der Waals surface area contributed by atoms with Gasteiger partial charge in [0, 0.05) is 38.6 Å². The lowest BCUT2D eigenvalue weighted by Gasteiger charge is -2.29. The molecule has 3 nitrogen and oxygen atoms in total. The van der Waals surface area contributed by atoms with Gasteiger partial charge in [0.2, 0.25) is 0 Å². The summed E-state index contributed by atoms with van der Waals surface area (Å²) in [6.45, 7) is 3.93. The highest BCUT2D eigenvalue weighted by atomic mass is 16.3. The highest BCUT2D eigenvalue weighted by Crippen LogP contribution is 2.14. The Balaban J connectivity index is 1.57. The Morgan fingerprint density at radius 1 is 0.950 bits per heavy atom. The number of hydrogen-bond acceptors (Lipinski definition) is 2. The van der Waals surface area contributed by atoms with Gasteiger partial charge in [0.05, 0.1) is 6.10 Å². The summed E-state index contributed by atoms with van der Waals surface area (Å²) in [7, 11) is 0. The molecule has 2 heterocycles. The molecule has 1 N–H and O–H groups in total. The van der Waals surface area contributed by atoms with E-state index in [4.69, 9.17) is 0 Å². The van der Waals surface area contributed by atoms with Crippen LogP contribution in [0.15, 0.2) is 48.8 Å². The lowest BCUT2D eigenvalue weighted by atomic mass is 10.1. The number of aliphatic hydroxyl groups excluding tert-OH is 1. The number of rotatable bonds is 4. The molecule has 20 heavy (non-hydrogen) atoms. The van der Waals surface area contributed by atoms with Gasteiger partial charge in [-0.05, 0) is 30.0 Å². The van der Waals surface area contributed by atoms with Crippen molar-refractivity contribution in [3.8, 4) is 0 Å². The minimum absolute atomic E-state index is 0.0890. The molecule has 1 saturated heterocycles. The monoisotopic (exact) mass is 270 g/mol. The topological polar surface area (TPSA) is 28.4 Å². The van der Waals surface area contributed by atoms with Crippen LogP contribution in [0, 0.1) is 0 Å². The van der Waals surface area contributed by atoms with Gasteiger partial charge in [0.1, 0.15) is 0 Å². The van der Waals surface area contributed by atoms with Crippen LogP contribution in [0.2, 0.25) is 0 Å². The summed E-state index contributed by atoms with van der Waals surface area (Å²) < 4.78 is 2.24. The van der Waals surface area contributed by atoms with E-state index in [1.165, 1.54) is 11.1 Å². The van der Waals surface area contributed by atoms with Gasteiger partial charge in [0.25, 0.3) is 0 Å². The van der Waals surface area contributed by atoms with Crippen LogP contribution in [0.3, 0.4) is 0 Å². The third kappa shape index (κ3) is 3.50. The second kappa shape index (κ2) is 6.25. The van der Waals surface area contributed by atoms with E-state index in [9.17, 15) is 5.11 Å². The molecule has 106 valence electrons. The van der Waals surface area contributed by atoms with Crippen molar-refractivity contribution in [2.75, 3.05) is 13.1 Å². The average molecular weight is 270 g/mol. The molecule has 1 aliphatic heterocycles. The highest BCUT2D eigenvalue weighted by molar-refractivity contribution is 5.17. The first-order valence-corrected chi connectivity index (χ1v) is 7.38. The number of aliphatic hydroxyl groups is 1. The lowest BCUT2D eigenvalue weighted by molar-refractivity contribution is 0.0792. The van der Waals surface area contributed by atoms with Gasteiger partial charge in [-0.3, -0.25) is 4.90 Å². The molecule has 0 amide bonds. The van der Waals surface area contributed by atoms with E-state index in [1.807, 2.05) is 0 Å². The van der Waals surface area contributed by atoms with Crippen LogP contribution in [0.1, 0.15) is 24.0 Å². The van der Waals surface area contributed by atoms with Crippen LogP contribution >= 0.6 is 0 Å². The molecule has 0 atom stereocenters. The Bertz CT molecular complexity index is 527. The first-order chi connectivity index (χ1) is 9.79. The molecule has 0 radical (unpaired) electrons. The van der Waals surface area contributed by atoms with E-state index in [1.54, 1.807) is 0 Å². The van der Waals surface area contributed by atoms with Crippen LogP contribution in [-0.2, 0) is 13.1 Å². The van der Waals surface area contributed by atoms with Gasteiger partial charge in [0.15, 0.2) is 0 Å². The molecule has 1 aliphatic rings. The molecule has 1 fully saturated rings. The zero-order chi connectivity index (χ0) is 13.8. The Hall–Kier alpha value is -1.58. The third-order valence-corrected chi connectivity index (χ3v) is 3.98. The minimum atomic E-state index is -0.0890. The Kier molecular flexibility index (Phi) is 4.19. The van der Waals surface area contributed by atoms with Crippen molar-refractivity contribution in [1.29, 1.82) is 0 Å². The summed E-state index contributed by atoms with van der Waals surface area (Å²) in [5, 5.41) is 9.53. The van der Waals surface area contributed by atoms with E-state index in [-0.39, 0.29) is 6.10 Å². The molecule has 1 aromatic carbocycles. The second-order valence-corrected chi connectivity index (χ2v) is 5.69. The van der Waals surface area contributed by atoms with E-state index >= 15 is 0 Å². The quantitative estimate of drug-likeness (QED) is 0.924. The van der Waals surface area contributed by atoms with Crippen molar-refractivity contribution < 1.29 is 5.11 Å². The molecule has 0 unspecified atom stereocenters. The first-order valence-electron chi connectivity index (χ1n) is 7.38. The minimum Gasteiger partial charge on any atom is -0.393 e. The van der Waals surface area contributed by atoms with Crippen molar-refractivity contribution in [3.05, 3.63) is 59.9 Å². The van der Waals surface area contributed by atoms with E-state index < -0.39 is 0 Å². The maximum atomic E-state index is 9.53. The van der Waals surface area contributed by atoms with Gasteiger partial charge < -0.3 is 9.67 Å². The lowest BCUT2D eigenvalue weighted by Crippen LogP contribution is -2.35. The van der Waals surface area contributed by atoms with E-state index in [0.717, 1.165) is 39.0 Å². The van der Waals surface area contributed by atoms with Crippen molar-refractivity contribution in [2.24, 2.45) is 0 Å². The molecule has 3 heteroatoms.